The Hall–Kier alpha value is -3.85. The molecule has 186 valence electrons. The van der Waals surface area contributed by atoms with Gasteiger partial charge in [-0.05, 0) is 62.3 Å². The molecule has 0 spiro atoms. The number of nitrogens with two attached hydrogens (primary N) is 1. The maximum atomic E-state index is 13.4. The summed E-state index contributed by atoms with van der Waals surface area (Å²) in [6.07, 6.45) is 13.5. The van der Waals surface area contributed by atoms with Crippen LogP contribution in [-0.4, -0.2) is 48.5 Å². The second-order valence-corrected chi connectivity index (χ2v) is 11.0. The molecule has 4 aliphatic rings. The fourth-order valence-electron chi connectivity index (χ4n) is 6.18. The number of amides is 1. The SMILES string of the molecule is CN1C(=O)c2nccc(OC3CC3)c2C2CC1c1nn3ccc(-c4cnc(C5(N)CCC5)nc4)cc3c12. The number of fused-ring (bicyclic) bond motifs is 9. The minimum Gasteiger partial charge on any atom is -0.490 e. The van der Waals surface area contributed by atoms with Crippen LogP contribution >= 0.6 is 0 Å². The maximum absolute atomic E-state index is 13.4. The Balaban J connectivity index is 1.26. The van der Waals surface area contributed by atoms with Crippen molar-refractivity contribution in [2.24, 2.45) is 5.73 Å². The third kappa shape index (κ3) is 3.03. The summed E-state index contributed by atoms with van der Waals surface area (Å²) in [5.41, 5.74) is 12.5. The van der Waals surface area contributed by atoms with Crippen molar-refractivity contribution < 1.29 is 9.53 Å². The van der Waals surface area contributed by atoms with Crippen LogP contribution in [0.2, 0.25) is 0 Å². The molecule has 4 aromatic rings. The molecule has 1 amide bonds. The van der Waals surface area contributed by atoms with Gasteiger partial charge in [0, 0.05) is 54.4 Å². The number of rotatable bonds is 4. The molecule has 0 radical (unpaired) electrons. The Morgan fingerprint density at radius 1 is 1.08 bits per heavy atom. The number of nitrogens with zero attached hydrogens (tertiary/aromatic N) is 6. The smallest absolute Gasteiger partial charge is 0.273 e. The van der Waals surface area contributed by atoms with Crippen molar-refractivity contribution in [1.82, 2.24) is 29.5 Å². The summed E-state index contributed by atoms with van der Waals surface area (Å²) >= 11 is 0. The third-order valence-corrected chi connectivity index (χ3v) is 8.61. The molecule has 2 N–H and O–H groups in total. The van der Waals surface area contributed by atoms with Gasteiger partial charge in [0.2, 0.25) is 0 Å². The summed E-state index contributed by atoms with van der Waals surface area (Å²) in [4.78, 5) is 29.0. The largest absolute Gasteiger partial charge is 0.490 e. The van der Waals surface area contributed by atoms with Gasteiger partial charge in [0.25, 0.3) is 5.91 Å². The Morgan fingerprint density at radius 3 is 2.62 bits per heavy atom. The van der Waals surface area contributed by atoms with E-state index in [-0.39, 0.29) is 29.5 Å². The van der Waals surface area contributed by atoms with E-state index in [0.717, 1.165) is 83.6 Å². The number of aromatic nitrogens is 5. The van der Waals surface area contributed by atoms with Crippen molar-refractivity contribution in [2.75, 3.05) is 7.05 Å². The molecule has 2 fully saturated rings. The van der Waals surface area contributed by atoms with E-state index in [2.05, 4.69) is 21.0 Å². The van der Waals surface area contributed by atoms with Crippen LogP contribution in [0, 0.1) is 0 Å². The standard InChI is InChI=1S/C28H27N7O2/c1-34-20-12-18(23-21(37-17-3-4-17)5-9-30-25(23)26(34)36)22-19-11-15(6-10-35(19)33-24(20)22)16-13-31-27(32-14-16)28(29)7-2-8-28/h5-6,9-11,13-14,17-18,20H,2-4,7-8,12,29H2,1H3. The van der Waals surface area contributed by atoms with Crippen LogP contribution in [0.4, 0.5) is 0 Å². The van der Waals surface area contributed by atoms with Crippen LogP contribution in [0.5, 0.6) is 5.75 Å². The Morgan fingerprint density at radius 2 is 1.89 bits per heavy atom. The lowest BCUT2D eigenvalue weighted by atomic mass is 9.77. The van der Waals surface area contributed by atoms with Crippen LogP contribution in [0.1, 0.15) is 83.6 Å². The fraction of sp³-hybridized carbons (Fsp3) is 0.393. The molecular weight excluding hydrogens is 466 g/mol. The van der Waals surface area contributed by atoms with E-state index in [1.165, 1.54) is 0 Å². The quantitative estimate of drug-likeness (QED) is 0.461. The van der Waals surface area contributed by atoms with Crippen LogP contribution in [0.3, 0.4) is 0 Å². The van der Waals surface area contributed by atoms with Gasteiger partial charge in [0.15, 0.2) is 0 Å². The highest BCUT2D eigenvalue weighted by Crippen LogP contribution is 2.53. The summed E-state index contributed by atoms with van der Waals surface area (Å²) in [6, 6.07) is 5.99. The van der Waals surface area contributed by atoms with E-state index >= 15 is 0 Å². The highest BCUT2D eigenvalue weighted by Gasteiger charge is 2.47. The molecule has 0 aromatic carbocycles. The molecule has 2 atom stereocenters. The van der Waals surface area contributed by atoms with Crippen molar-refractivity contribution >= 4 is 11.4 Å². The number of ether oxygens (including phenoxy) is 1. The zero-order chi connectivity index (χ0) is 24.9. The topological polar surface area (TPSA) is 112 Å². The second kappa shape index (κ2) is 7.35. The first-order chi connectivity index (χ1) is 18.0. The average molecular weight is 494 g/mol. The highest BCUT2D eigenvalue weighted by molar-refractivity contribution is 5.96. The van der Waals surface area contributed by atoms with Crippen LogP contribution in [0.15, 0.2) is 43.0 Å². The first-order valence-electron chi connectivity index (χ1n) is 13.1. The third-order valence-electron chi connectivity index (χ3n) is 8.61. The highest BCUT2D eigenvalue weighted by atomic mass is 16.5. The van der Waals surface area contributed by atoms with E-state index in [0.29, 0.717) is 5.69 Å². The summed E-state index contributed by atoms with van der Waals surface area (Å²) in [6.45, 7) is 0. The van der Waals surface area contributed by atoms with Gasteiger partial charge in [-0.1, -0.05) is 0 Å². The predicted molar refractivity (Wildman–Crippen MR) is 135 cm³/mol. The van der Waals surface area contributed by atoms with E-state index in [1.807, 2.05) is 42.3 Å². The van der Waals surface area contributed by atoms with Crippen LogP contribution in [-0.2, 0) is 5.54 Å². The summed E-state index contributed by atoms with van der Waals surface area (Å²) in [5.74, 6) is 1.40. The Labute approximate surface area is 213 Å². The van der Waals surface area contributed by atoms with E-state index in [9.17, 15) is 4.79 Å². The zero-order valence-corrected chi connectivity index (χ0v) is 20.6. The first-order valence-corrected chi connectivity index (χ1v) is 13.1. The van der Waals surface area contributed by atoms with Gasteiger partial charge in [-0.25, -0.2) is 14.5 Å². The molecule has 2 bridgehead atoms. The van der Waals surface area contributed by atoms with Gasteiger partial charge in [-0.3, -0.25) is 9.78 Å². The van der Waals surface area contributed by atoms with Gasteiger partial charge in [0.1, 0.15) is 17.3 Å². The van der Waals surface area contributed by atoms with Gasteiger partial charge < -0.3 is 15.4 Å². The van der Waals surface area contributed by atoms with E-state index in [4.69, 9.17) is 15.6 Å². The number of hydrogen-bond acceptors (Lipinski definition) is 7. The first kappa shape index (κ1) is 21.3. The second-order valence-electron chi connectivity index (χ2n) is 11.0. The van der Waals surface area contributed by atoms with Crippen molar-refractivity contribution in [3.05, 3.63) is 71.3 Å². The lowest BCUT2D eigenvalue weighted by Gasteiger charge is -2.36. The average Bonchev–Trinajstić information content (AvgIpc) is 3.55. The van der Waals surface area contributed by atoms with E-state index in [1.54, 1.807) is 11.1 Å². The fourth-order valence-corrected chi connectivity index (χ4v) is 6.18. The molecule has 2 saturated carbocycles. The summed E-state index contributed by atoms with van der Waals surface area (Å²) in [7, 11) is 1.85. The Bertz CT molecular complexity index is 1590. The van der Waals surface area contributed by atoms with Gasteiger partial charge in [-0.2, -0.15) is 5.10 Å². The molecule has 3 aliphatic carbocycles. The molecule has 1 aliphatic heterocycles. The van der Waals surface area contributed by atoms with Crippen molar-refractivity contribution in [1.29, 1.82) is 0 Å². The molecule has 9 nitrogen and oxygen atoms in total. The predicted octanol–water partition coefficient (Wildman–Crippen LogP) is 3.73. The number of carbonyl (C=O) groups is 1. The Kier molecular flexibility index (Phi) is 4.22. The molecule has 0 saturated heterocycles. The minimum atomic E-state index is -0.379. The van der Waals surface area contributed by atoms with Gasteiger partial charge in [0.05, 0.1) is 28.9 Å². The number of carbonyl (C=O) groups excluding carboxylic acids is 1. The van der Waals surface area contributed by atoms with Gasteiger partial charge >= 0.3 is 0 Å². The lowest BCUT2D eigenvalue weighted by molar-refractivity contribution is 0.0728. The molecule has 2 unspecified atom stereocenters. The molecule has 8 rings (SSSR count). The van der Waals surface area contributed by atoms with Crippen LogP contribution < -0.4 is 10.5 Å². The van der Waals surface area contributed by atoms with Crippen molar-refractivity contribution in [2.45, 2.75) is 62.1 Å². The molecule has 37 heavy (non-hydrogen) atoms. The summed E-state index contributed by atoms with van der Waals surface area (Å²) < 4.78 is 8.22. The number of pyridine rings is 2. The monoisotopic (exact) mass is 493 g/mol. The zero-order valence-electron chi connectivity index (χ0n) is 20.6. The molecule has 9 heteroatoms. The lowest BCUT2D eigenvalue weighted by Crippen LogP contribution is -2.44. The van der Waals surface area contributed by atoms with E-state index < -0.39 is 0 Å². The van der Waals surface area contributed by atoms with Crippen molar-refractivity contribution in [3.63, 3.8) is 0 Å². The summed E-state index contributed by atoms with van der Waals surface area (Å²) in [5, 5.41) is 4.95. The normalized spacial score (nSPS) is 23.4. The van der Waals surface area contributed by atoms with Gasteiger partial charge in [-0.15, -0.1) is 0 Å². The molecule has 4 aromatic heterocycles. The minimum absolute atomic E-state index is 0.0200. The molecule has 5 heterocycles. The maximum Gasteiger partial charge on any atom is 0.273 e. The molecular formula is C28H27N7O2. The number of hydrogen-bond donors (Lipinski definition) is 1. The van der Waals surface area contributed by atoms with Crippen molar-refractivity contribution in [3.8, 4) is 16.9 Å². The van der Waals surface area contributed by atoms with Crippen LogP contribution in [0.25, 0.3) is 16.6 Å².